The van der Waals surface area contributed by atoms with Gasteiger partial charge in [0.25, 0.3) is 0 Å². The maximum Gasteiger partial charge on any atom is 0.343 e. The number of carbonyl (C=O) groups excluding carboxylic acids is 1. The van der Waals surface area contributed by atoms with Crippen LogP contribution in [0.1, 0.15) is 22.8 Å². The van der Waals surface area contributed by atoms with Gasteiger partial charge in [0.05, 0.1) is 38.9 Å². The van der Waals surface area contributed by atoms with Crippen molar-refractivity contribution in [3.8, 4) is 28.7 Å². The standard InChI is InChI=1S/C20H21NO8/c1-12(21(23)24)8-13-6-7-15(16(9-13)25-2)29-20(22)14-10-17(26-3)19(28-5)18(11-14)27-4/h6-11H,1-5H3/b12-8-. The molecule has 29 heavy (non-hydrogen) atoms. The molecule has 0 N–H and O–H groups in total. The van der Waals surface area contributed by atoms with Gasteiger partial charge >= 0.3 is 5.97 Å². The average molecular weight is 403 g/mol. The van der Waals surface area contributed by atoms with Gasteiger partial charge in [-0.3, -0.25) is 10.1 Å². The van der Waals surface area contributed by atoms with Crippen LogP contribution in [0.3, 0.4) is 0 Å². The van der Waals surface area contributed by atoms with E-state index in [1.54, 1.807) is 6.07 Å². The molecule has 0 spiro atoms. The molecule has 9 nitrogen and oxygen atoms in total. The maximum absolute atomic E-state index is 12.6. The Balaban J connectivity index is 2.35. The van der Waals surface area contributed by atoms with Gasteiger partial charge in [0, 0.05) is 13.0 Å². The molecule has 0 radical (unpaired) electrons. The Kier molecular flexibility index (Phi) is 7.02. The second kappa shape index (κ2) is 9.45. The summed E-state index contributed by atoms with van der Waals surface area (Å²) in [5.74, 6) is 0.689. The zero-order chi connectivity index (χ0) is 21.6. The molecule has 154 valence electrons. The number of nitrogens with zero attached hydrogens (tertiary/aromatic N) is 1. The zero-order valence-electron chi connectivity index (χ0n) is 16.7. The Bertz CT molecular complexity index is 926. The molecule has 0 heterocycles. The Hall–Kier alpha value is -3.75. The summed E-state index contributed by atoms with van der Waals surface area (Å²) in [6.45, 7) is 1.38. The highest BCUT2D eigenvalue weighted by molar-refractivity contribution is 5.93. The van der Waals surface area contributed by atoms with Crippen molar-refractivity contribution in [1.82, 2.24) is 0 Å². The van der Waals surface area contributed by atoms with E-state index in [4.69, 9.17) is 23.7 Å². The first-order valence-corrected chi connectivity index (χ1v) is 8.37. The Morgan fingerprint density at radius 1 is 0.897 bits per heavy atom. The summed E-state index contributed by atoms with van der Waals surface area (Å²) < 4.78 is 26.4. The number of ether oxygens (including phenoxy) is 5. The molecule has 0 aliphatic carbocycles. The Morgan fingerprint density at radius 3 is 1.97 bits per heavy atom. The summed E-state index contributed by atoms with van der Waals surface area (Å²) in [6, 6.07) is 7.54. The van der Waals surface area contributed by atoms with Gasteiger partial charge in [-0.1, -0.05) is 6.07 Å². The number of methoxy groups -OCH3 is 4. The van der Waals surface area contributed by atoms with Crippen LogP contribution >= 0.6 is 0 Å². The molecule has 2 rings (SSSR count). The first kappa shape index (κ1) is 21.5. The van der Waals surface area contributed by atoms with Crippen LogP contribution in [-0.2, 0) is 0 Å². The van der Waals surface area contributed by atoms with Crippen LogP contribution < -0.4 is 23.7 Å². The molecule has 2 aromatic rings. The largest absolute Gasteiger partial charge is 0.493 e. The van der Waals surface area contributed by atoms with Crippen LogP contribution in [0.5, 0.6) is 28.7 Å². The fraction of sp³-hybridized carbons (Fsp3) is 0.250. The van der Waals surface area contributed by atoms with Gasteiger partial charge in [-0.2, -0.15) is 0 Å². The van der Waals surface area contributed by atoms with Crippen molar-refractivity contribution in [2.75, 3.05) is 28.4 Å². The number of hydrogen-bond acceptors (Lipinski definition) is 8. The Labute approximate surface area is 167 Å². The fourth-order valence-corrected chi connectivity index (χ4v) is 2.51. The quantitative estimate of drug-likeness (QED) is 0.285. The number of allylic oxidation sites excluding steroid dienone is 1. The molecule has 0 atom stereocenters. The van der Waals surface area contributed by atoms with E-state index in [-0.39, 0.29) is 22.8 Å². The van der Waals surface area contributed by atoms with Crippen LogP contribution in [0.2, 0.25) is 0 Å². The van der Waals surface area contributed by atoms with E-state index in [0.717, 1.165) is 0 Å². The third-order valence-electron chi connectivity index (χ3n) is 3.95. The lowest BCUT2D eigenvalue weighted by molar-refractivity contribution is -0.422. The fourth-order valence-electron chi connectivity index (χ4n) is 2.51. The minimum atomic E-state index is -0.674. The van der Waals surface area contributed by atoms with E-state index in [1.165, 1.54) is 65.7 Å². The highest BCUT2D eigenvalue weighted by Gasteiger charge is 2.19. The second-order valence-electron chi connectivity index (χ2n) is 5.76. The monoisotopic (exact) mass is 403 g/mol. The first-order chi connectivity index (χ1) is 13.8. The zero-order valence-corrected chi connectivity index (χ0v) is 16.7. The van der Waals surface area contributed by atoms with Crippen LogP contribution in [0.25, 0.3) is 6.08 Å². The molecule has 0 aliphatic rings. The van der Waals surface area contributed by atoms with Gasteiger partial charge in [-0.15, -0.1) is 0 Å². The van der Waals surface area contributed by atoms with E-state index < -0.39 is 10.9 Å². The number of benzene rings is 2. The summed E-state index contributed by atoms with van der Waals surface area (Å²) in [5.41, 5.74) is 0.674. The van der Waals surface area contributed by atoms with Crippen molar-refractivity contribution in [3.05, 3.63) is 57.3 Å². The first-order valence-electron chi connectivity index (χ1n) is 8.37. The number of rotatable bonds is 8. The summed E-state index contributed by atoms with van der Waals surface area (Å²) in [6.07, 6.45) is 1.38. The van der Waals surface area contributed by atoms with Gasteiger partial charge in [0.2, 0.25) is 11.4 Å². The van der Waals surface area contributed by atoms with Crippen LogP contribution in [0.4, 0.5) is 0 Å². The third kappa shape index (κ3) is 4.95. The van der Waals surface area contributed by atoms with E-state index in [1.807, 2.05) is 0 Å². The van der Waals surface area contributed by atoms with E-state index in [2.05, 4.69) is 0 Å². The van der Waals surface area contributed by atoms with Crippen molar-refractivity contribution in [3.63, 3.8) is 0 Å². The number of hydrogen-bond donors (Lipinski definition) is 0. The molecule has 2 aromatic carbocycles. The molecular weight excluding hydrogens is 382 g/mol. The van der Waals surface area contributed by atoms with Gasteiger partial charge < -0.3 is 23.7 Å². The maximum atomic E-state index is 12.6. The minimum Gasteiger partial charge on any atom is -0.493 e. The predicted octanol–water partition coefficient (Wildman–Crippen LogP) is 3.58. The number of carbonyl (C=O) groups is 1. The lowest BCUT2D eigenvalue weighted by Crippen LogP contribution is -2.10. The predicted molar refractivity (Wildman–Crippen MR) is 105 cm³/mol. The lowest BCUT2D eigenvalue weighted by atomic mass is 10.1. The van der Waals surface area contributed by atoms with Crippen LogP contribution in [0, 0.1) is 10.1 Å². The van der Waals surface area contributed by atoms with Crippen LogP contribution in [0.15, 0.2) is 36.0 Å². The molecule has 9 heteroatoms. The highest BCUT2D eigenvalue weighted by Crippen LogP contribution is 2.39. The molecule has 0 unspecified atom stereocenters. The summed E-state index contributed by atoms with van der Waals surface area (Å²) in [7, 11) is 5.74. The van der Waals surface area contributed by atoms with Crippen molar-refractivity contribution < 1.29 is 33.4 Å². The van der Waals surface area contributed by atoms with E-state index in [0.29, 0.717) is 22.8 Å². The molecule has 0 fully saturated rings. The average Bonchev–Trinajstić information content (AvgIpc) is 2.73. The van der Waals surface area contributed by atoms with Gasteiger partial charge in [-0.05, 0) is 29.8 Å². The molecule has 0 saturated carbocycles. The van der Waals surface area contributed by atoms with Crippen molar-refractivity contribution in [1.29, 1.82) is 0 Å². The second-order valence-corrected chi connectivity index (χ2v) is 5.76. The number of esters is 1. The van der Waals surface area contributed by atoms with Gasteiger partial charge in [0.1, 0.15) is 0 Å². The van der Waals surface area contributed by atoms with Gasteiger partial charge in [-0.25, -0.2) is 4.79 Å². The summed E-state index contributed by atoms with van der Waals surface area (Å²) in [4.78, 5) is 22.9. The molecule has 0 amide bonds. The highest BCUT2D eigenvalue weighted by atomic mass is 16.6. The summed E-state index contributed by atoms with van der Waals surface area (Å²) in [5, 5.41) is 10.8. The molecule has 0 saturated heterocycles. The van der Waals surface area contributed by atoms with Gasteiger partial charge in [0.15, 0.2) is 23.0 Å². The minimum absolute atomic E-state index is 0.0331. The van der Waals surface area contributed by atoms with Crippen molar-refractivity contribution in [2.24, 2.45) is 0 Å². The Morgan fingerprint density at radius 2 is 1.48 bits per heavy atom. The molecule has 0 bridgehead atoms. The smallest absolute Gasteiger partial charge is 0.343 e. The third-order valence-corrected chi connectivity index (χ3v) is 3.95. The number of nitro groups is 1. The van der Waals surface area contributed by atoms with E-state index >= 15 is 0 Å². The lowest BCUT2D eigenvalue weighted by Gasteiger charge is -2.14. The topological polar surface area (TPSA) is 106 Å². The SMILES string of the molecule is COc1cc(/C=C(/C)[N+](=O)[O-])ccc1OC(=O)c1cc(OC)c(OC)c(OC)c1. The molecular formula is C20H21NO8. The molecule has 0 aliphatic heterocycles. The normalized spacial score (nSPS) is 10.9. The van der Waals surface area contributed by atoms with E-state index in [9.17, 15) is 14.9 Å². The van der Waals surface area contributed by atoms with Crippen LogP contribution in [-0.4, -0.2) is 39.3 Å². The molecule has 0 aromatic heterocycles. The summed E-state index contributed by atoms with van der Waals surface area (Å²) >= 11 is 0. The van der Waals surface area contributed by atoms with Crippen molar-refractivity contribution in [2.45, 2.75) is 6.92 Å². The van der Waals surface area contributed by atoms with Crippen molar-refractivity contribution >= 4 is 12.0 Å².